The Morgan fingerprint density at radius 3 is 3.06 bits per heavy atom. The first kappa shape index (κ1) is 11.2. The molecule has 1 saturated carbocycles. The number of nitrogens with one attached hydrogen (secondary N) is 2. The number of H-pyrrole nitrogens is 1. The lowest BCUT2D eigenvalue weighted by molar-refractivity contribution is -0.147. The van der Waals surface area contributed by atoms with Crippen LogP contribution in [0.4, 0.5) is 0 Å². The van der Waals surface area contributed by atoms with Gasteiger partial charge in [0.1, 0.15) is 0 Å². The van der Waals surface area contributed by atoms with Crippen molar-refractivity contribution in [2.24, 2.45) is 5.92 Å². The van der Waals surface area contributed by atoms with Crippen molar-refractivity contribution in [3.63, 3.8) is 0 Å². The van der Waals surface area contributed by atoms with E-state index in [1.165, 1.54) is 19.3 Å². The molecule has 0 amide bonds. The third-order valence-electron chi connectivity index (χ3n) is 4.33. The average molecular weight is 236 g/mol. The summed E-state index contributed by atoms with van der Waals surface area (Å²) in [7, 11) is 2.00. The molecule has 0 aromatic carbocycles. The van der Waals surface area contributed by atoms with Gasteiger partial charge < -0.3 is 10.1 Å². The first-order valence-corrected chi connectivity index (χ1v) is 6.50. The lowest BCUT2D eigenvalue weighted by Gasteiger charge is -2.48. The van der Waals surface area contributed by atoms with Crippen molar-refractivity contribution in [2.75, 3.05) is 13.7 Å². The maximum atomic E-state index is 5.97. The number of hydrogen-bond donors (Lipinski definition) is 2. The molecule has 1 aliphatic heterocycles. The Labute approximate surface area is 101 Å². The Morgan fingerprint density at radius 2 is 2.47 bits per heavy atom. The van der Waals surface area contributed by atoms with Gasteiger partial charge in [-0.3, -0.25) is 0 Å². The molecule has 2 heterocycles. The minimum Gasteiger partial charge on any atom is -0.375 e. The van der Waals surface area contributed by atoms with E-state index in [1.807, 2.05) is 13.2 Å². The van der Waals surface area contributed by atoms with Gasteiger partial charge in [-0.2, -0.15) is 15.4 Å². The molecule has 2 fully saturated rings. The van der Waals surface area contributed by atoms with Gasteiger partial charge >= 0.3 is 0 Å². The summed E-state index contributed by atoms with van der Waals surface area (Å²) < 4.78 is 5.97. The van der Waals surface area contributed by atoms with Crippen LogP contribution in [-0.4, -0.2) is 34.7 Å². The largest absolute Gasteiger partial charge is 0.375 e. The first-order chi connectivity index (χ1) is 8.33. The van der Waals surface area contributed by atoms with E-state index in [1.54, 1.807) is 0 Å². The van der Waals surface area contributed by atoms with Crippen molar-refractivity contribution < 1.29 is 4.74 Å². The van der Waals surface area contributed by atoms with Crippen LogP contribution in [0.1, 0.15) is 43.8 Å². The molecule has 0 radical (unpaired) electrons. The van der Waals surface area contributed by atoms with Crippen LogP contribution in [0.2, 0.25) is 0 Å². The second kappa shape index (κ2) is 4.38. The van der Waals surface area contributed by atoms with Gasteiger partial charge in [0.2, 0.25) is 0 Å². The molecule has 3 rings (SSSR count). The molecule has 2 aliphatic rings. The predicted octanol–water partition coefficient (Wildman–Crippen LogP) is 1.41. The van der Waals surface area contributed by atoms with E-state index in [4.69, 9.17) is 4.74 Å². The van der Waals surface area contributed by atoms with Crippen LogP contribution in [0.15, 0.2) is 6.20 Å². The first-order valence-electron chi connectivity index (χ1n) is 6.50. The second-order valence-corrected chi connectivity index (χ2v) is 5.30. The summed E-state index contributed by atoms with van der Waals surface area (Å²) in [4.78, 5) is 0. The zero-order chi connectivity index (χ0) is 11.7. The number of aromatic nitrogens is 3. The zero-order valence-corrected chi connectivity index (χ0v) is 10.3. The third kappa shape index (κ3) is 1.98. The lowest BCUT2D eigenvalue weighted by atomic mass is 9.70. The van der Waals surface area contributed by atoms with E-state index >= 15 is 0 Å². The predicted molar refractivity (Wildman–Crippen MR) is 63.4 cm³/mol. The van der Waals surface area contributed by atoms with Gasteiger partial charge in [0.25, 0.3) is 0 Å². The van der Waals surface area contributed by atoms with E-state index in [0.717, 1.165) is 25.1 Å². The van der Waals surface area contributed by atoms with E-state index in [9.17, 15) is 0 Å². The fraction of sp³-hybridized carbons (Fsp3) is 0.833. The van der Waals surface area contributed by atoms with E-state index in [-0.39, 0.29) is 5.60 Å². The number of hydrogen-bond acceptors (Lipinski definition) is 4. The summed E-state index contributed by atoms with van der Waals surface area (Å²) in [5.41, 5.74) is 1.22. The highest BCUT2D eigenvalue weighted by molar-refractivity contribution is 5.05. The molecule has 1 spiro atoms. The van der Waals surface area contributed by atoms with Crippen molar-refractivity contribution in [1.29, 1.82) is 0 Å². The van der Waals surface area contributed by atoms with Crippen molar-refractivity contribution in [3.05, 3.63) is 11.9 Å². The van der Waals surface area contributed by atoms with Gasteiger partial charge in [-0.1, -0.05) is 0 Å². The van der Waals surface area contributed by atoms with Gasteiger partial charge in [-0.25, -0.2) is 0 Å². The zero-order valence-electron chi connectivity index (χ0n) is 10.3. The average Bonchev–Trinajstić information content (AvgIpc) is 2.82. The fourth-order valence-electron chi connectivity index (χ4n) is 3.26. The molecule has 1 aromatic heterocycles. The molecule has 2 N–H and O–H groups in total. The van der Waals surface area contributed by atoms with Crippen LogP contribution in [0.5, 0.6) is 0 Å². The van der Waals surface area contributed by atoms with Gasteiger partial charge in [-0.15, -0.1) is 0 Å². The van der Waals surface area contributed by atoms with Gasteiger partial charge in [-0.05, 0) is 45.1 Å². The molecule has 1 saturated heterocycles. The summed E-state index contributed by atoms with van der Waals surface area (Å²) in [6.45, 7) is 0.890. The molecule has 1 aromatic rings. The molecule has 5 heteroatoms. The summed E-state index contributed by atoms with van der Waals surface area (Å²) in [6.07, 6.45) is 7.88. The smallest absolute Gasteiger partial charge is 0.0996 e. The number of aromatic amines is 1. The highest BCUT2D eigenvalue weighted by Gasteiger charge is 2.44. The molecule has 17 heavy (non-hydrogen) atoms. The molecule has 94 valence electrons. The van der Waals surface area contributed by atoms with Gasteiger partial charge in [0.15, 0.2) is 0 Å². The van der Waals surface area contributed by atoms with Crippen LogP contribution in [-0.2, 0) is 4.74 Å². The maximum absolute atomic E-state index is 5.97. The van der Waals surface area contributed by atoms with Crippen molar-refractivity contribution in [1.82, 2.24) is 20.7 Å². The summed E-state index contributed by atoms with van der Waals surface area (Å²) >= 11 is 0. The Hall–Kier alpha value is -0.940. The monoisotopic (exact) mass is 236 g/mol. The van der Waals surface area contributed by atoms with Crippen LogP contribution >= 0.6 is 0 Å². The Kier molecular flexibility index (Phi) is 2.88. The number of ether oxygens (including phenoxy) is 1. The number of rotatable bonds is 3. The summed E-state index contributed by atoms with van der Waals surface area (Å²) in [5.74, 6) is 0.610. The Balaban J connectivity index is 1.73. The molecule has 2 atom stereocenters. The fourth-order valence-corrected chi connectivity index (χ4v) is 3.26. The van der Waals surface area contributed by atoms with Crippen molar-refractivity contribution in [3.8, 4) is 0 Å². The lowest BCUT2D eigenvalue weighted by Crippen LogP contribution is -2.47. The molecular formula is C12H20N4O. The van der Waals surface area contributed by atoms with Crippen LogP contribution in [0.25, 0.3) is 0 Å². The SMILES string of the molecule is CNC(c1cn[nH]n1)C1CCOC2(CCC2)C1. The topological polar surface area (TPSA) is 62.8 Å². The van der Waals surface area contributed by atoms with Crippen LogP contribution in [0, 0.1) is 5.92 Å². The highest BCUT2D eigenvalue weighted by Crippen LogP contribution is 2.46. The summed E-state index contributed by atoms with van der Waals surface area (Å²) in [5, 5.41) is 14.2. The third-order valence-corrected chi connectivity index (χ3v) is 4.33. The molecular weight excluding hydrogens is 216 g/mol. The van der Waals surface area contributed by atoms with E-state index in [0.29, 0.717) is 12.0 Å². The Bertz CT molecular complexity index is 361. The van der Waals surface area contributed by atoms with Crippen LogP contribution in [0.3, 0.4) is 0 Å². The minimum absolute atomic E-state index is 0.196. The van der Waals surface area contributed by atoms with Gasteiger partial charge in [0.05, 0.1) is 23.5 Å². The standard InChI is InChI=1S/C12H20N4O/c1-13-11(10-8-14-16-15-10)9-3-6-17-12(7-9)4-2-5-12/h8-9,11,13H,2-7H2,1H3,(H,14,15,16). The molecule has 5 nitrogen and oxygen atoms in total. The van der Waals surface area contributed by atoms with Crippen LogP contribution < -0.4 is 5.32 Å². The molecule has 1 aliphatic carbocycles. The minimum atomic E-state index is 0.196. The van der Waals surface area contributed by atoms with Crippen molar-refractivity contribution in [2.45, 2.75) is 43.7 Å². The number of nitrogens with zero attached hydrogens (tertiary/aromatic N) is 2. The normalized spacial score (nSPS) is 28.9. The molecule has 2 unspecified atom stereocenters. The Morgan fingerprint density at radius 1 is 1.59 bits per heavy atom. The highest BCUT2D eigenvalue weighted by atomic mass is 16.5. The quantitative estimate of drug-likeness (QED) is 0.833. The maximum Gasteiger partial charge on any atom is 0.0996 e. The van der Waals surface area contributed by atoms with Crippen molar-refractivity contribution >= 4 is 0 Å². The second-order valence-electron chi connectivity index (χ2n) is 5.30. The summed E-state index contributed by atoms with van der Waals surface area (Å²) in [6, 6.07) is 0.301. The molecule has 0 bridgehead atoms. The van der Waals surface area contributed by atoms with Gasteiger partial charge in [0, 0.05) is 6.61 Å². The van der Waals surface area contributed by atoms with E-state index in [2.05, 4.69) is 20.7 Å². The van der Waals surface area contributed by atoms with E-state index < -0.39 is 0 Å².